The summed E-state index contributed by atoms with van der Waals surface area (Å²) in [5.74, 6) is 0.448. The van der Waals surface area contributed by atoms with E-state index in [1.54, 1.807) is 24.3 Å². The molecule has 1 aromatic carbocycles. The lowest BCUT2D eigenvalue weighted by molar-refractivity contribution is -0.0328. The Kier molecular flexibility index (Phi) is 3.76. The maximum absolute atomic E-state index is 12.1. The van der Waals surface area contributed by atoms with Gasteiger partial charge in [-0.1, -0.05) is 12.1 Å². The molecule has 0 bridgehead atoms. The van der Waals surface area contributed by atoms with Crippen LogP contribution in [0.15, 0.2) is 46.0 Å². The van der Waals surface area contributed by atoms with E-state index in [-0.39, 0.29) is 16.7 Å². The highest BCUT2D eigenvalue weighted by atomic mass is 32.2. The van der Waals surface area contributed by atoms with Gasteiger partial charge in [-0.15, -0.1) is 0 Å². The van der Waals surface area contributed by atoms with E-state index in [1.165, 1.54) is 24.6 Å². The normalized spacial score (nSPS) is 12.2. The second kappa shape index (κ2) is 5.30. The molecular weight excluding hydrogens is 263 g/mol. The molecule has 0 radical (unpaired) electrons. The summed E-state index contributed by atoms with van der Waals surface area (Å²) in [5, 5.41) is 0. The number of nitrogens with zero attached hydrogens (tertiary/aromatic N) is 1. The molecule has 0 fully saturated rings. The van der Waals surface area contributed by atoms with Crippen LogP contribution in [0.3, 0.4) is 0 Å². The summed E-state index contributed by atoms with van der Waals surface area (Å²) in [4.78, 5) is 4.05. The SMILES string of the molecule is FC(F)(F)Sc1ccc(C=Cc2ncco2)cc1. The lowest BCUT2D eigenvalue weighted by atomic mass is 10.2. The van der Waals surface area contributed by atoms with Crippen LogP contribution >= 0.6 is 11.8 Å². The van der Waals surface area contributed by atoms with E-state index in [9.17, 15) is 13.2 Å². The van der Waals surface area contributed by atoms with Gasteiger partial charge in [-0.05, 0) is 35.5 Å². The molecule has 0 saturated heterocycles. The topological polar surface area (TPSA) is 26.0 Å². The quantitative estimate of drug-likeness (QED) is 0.771. The second-order valence-corrected chi connectivity index (χ2v) is 4.46. The number of benzene rings is 1. The Balaban J connectivity index is 2.04. The summed E-state index contributed by atoms with van der Waals surface area (Å²) >= 11 is -0.130. The first-order valence-electron chi connectivity index (χ1n) is 4.96. The van der Waals surface area contributed by atoms with Gasteiger partial charge < -0.3 is 4.42 Å². The molecule has 0 unspecified atom stereocenters. The first kappa shape index (κ1) is 12.8. The number of aromatic nitrogens is 1. The van der Waals surface area contributed by atoms with Gasteiger partial charge in [-0.25, -0.2) is 4.98 Å². The average molecular weight is 271 g/mol. The van der Waals surface area contributed by atoms with Crippen LogP contribution < -0.4 is 0 Å². The molecule has 0 atom stereocenters. The molecule has 6 heteroatoms. The molecule has 18 heavy (non-hydrogen) atoms. The standard InChI is InChI=1S/C12H8F3NOS/c13-12(14,15)18-10-4-1-9(2-5-10)3-6-11-16-7-8-17-11/h1-8H. The van der Waals surface area contributed by atoms with Crippen molar-refractivity contribution in [1.82, 2.24) is 4.98 Å². The van der Waals surface area contributed by atoms with Crippen LogP contribution in [0, 0.1) is 0 Å². The van der Waals surface area contributed by atoms with Crippen molar-refractivity contribution in [3.05, 3.63) is 48.2 Å². The highest BCUT2D eigenvalue weighted by molar-refractivity contribution is 8.00. The number of halogens is 3. The minimum Gasteiger partial charge on any atom is -0.445 e. The molecule has 94 valence electrons. The highest BCUT2D eigenvalue weighted by Gasteiger charge is 2.28. The van der Waals surface area contributed by atoms with Crippen LogP contribution in [0.2, 0.25) is 0 Å². The van der Waals surface area contributed by atoms with Gasteiger partial charge in [0.05, 0.1) is 6.20 Å². The first-order chi connectivity index (χ1) is 8.53. The molecular formula is C12H8F3NOS. The summed E-state index contributed by atoms with van der Waals surface area (Å²) < 4.78 is 41.3. The molecule has 0 aliphatic rings. The summed E-state index contributed by atoms with van der Waals surface area (Å²) in [6, 6.07) is 6.06. The summed E-state index contributed by atoms with van der Waals surface area (Å²) in [7, 11) is 0. The van der Waals surface area contributed by atoms with Crippen molar-refractivity contribution in [2.45, 2.75) is 10.4 Å². The van der Waals surface area contributed by atoms with E-state index in [0.717, 1.165) is 5.56 Å². The molecule has 2 aromatic rings. The molecule has 0 amide bonds. The molecule has 0 spiro atoms. The fourth-order valence-corrected chi connectivity index (χ4v) is 1.80. The zero-order valence-corrected chi connectivity index (χ0v) is 9.83. The van der Waals surface area contributed by atoms with Gasteiger partial charge in [0, 0.05) is 11.0 Å². The summed E-state index contributed by atoms with van der Waals surface area (Å²) in [5.41, 5.74) is -3.48. The molecule has 1 aromatic heterocycles. The predicted molar refractivity (Wildman–Crippen MR) is 63.8 cm³/mol. The van der Waals surface area contributed by atoms with E-state index in [2.05, 4.69) is 4.98 Å². The van der Waals surface area contributed by atoms with Crippen molar-refractivity contribution in [3.63, 3.8) is 0 Å². The fourth-order valence-electron chi connectivity index (χ4n) is 1.26. The third-order valence-electron chi connectivity index (χ3n) is 1.98. The molecule has 2 nitrogen and oxygen atoms in total. The van der Waals surface area contributed by atoms with Gasteiger partial charge in [-0.3, -0.25) is 0 Å². The Bertz CT molecular complexity index is 517. The number of hydrogen-bond acceptors (Lipinski definition) is 3. The average Bonchev–Trinajstić information content (AvgIpc) is 2.79. The Morgan fingerprint density at radius 2 is 1.83 bits per heavy atom. The van der Waals surface area contributed by atoms with Crippen molar-refractivity contribution in [3.8, 4) is 0 Å². The van der Waals surface area contributed by atoms with Gasteiger partial charge in [0.15, 0.2) is 0 Å². The van der Waals surface area contributed by atoms with Crippen molar-refractivity contribution in [1.29, 1.82) is 0 Å². The van der Waals surface area contributed by atoms with Gasteiger partial charge in [0.2, 0.25) is 5.89 Å². The maximum atomic E-state index is 12.1. The fraction of sp³-hybridized carbons (Fsp3) is 0.0833. The highest BCUT2D eigenvalue weighted by Crippen LogP contribution is 2.36. The summed E-state index contributed by atoms with van der Waals surface area (Å²) in [6.07, 6.45) is 6.32. The minimum absolute atomic E-state index is 0.130. The van der Waals surface area contributed by atoms with Gasteiger partial charge in [0.25, 0.3) is 0 Å². The third kappa shape index (κ3) is 3.96. The lowest BCUT2D eigenvalue weighted by Gasteiger charge is -2.05. The third-order valence-corrected chi connectivity index (χ3v) is 2.72. The number of thioether (sulfide) groups is 1. The van der Waals surface area contributed by atoms with Crippen LogP contribution in [0.25, 0.3) is 12.2 Å². The van der Waals surface area contributed by atoms with Crippen LogP contribution in [0.1, 0.15) is 11.5 Å². The van der Waals surface area contributed by atoms with Crippen molar-refractivity contribution in [2.75, 3.05) is 0 Å². The Hall–Kier alpha value is -1.69. The minimum atomic E-state index is -4.25. The molecule has 2 rings (SSSR count). The van der Waals surface area contributed by atoms with E-state index in [1.807, 2.05) is 0 Å². The van der Waals surface area contributed by atoms with Crippen molar-refractivity contribution >= 4 is 23.9 Å². The van der Waals surface area contributed by atoms with E-state index in [0.29, 0.717) is 5.89 Å². The van der Waals surface area contributed by atoms with Crippen LogP contribution in [0.5, 0.6) is 0 Å². The van der Waals surface area contributed by atoms with Gasteiger partial charge in [0.1, 0.15) is 6.26 Å². The molecule has 0 aliphatic heterocycles. The zero-order chi connectivity index (χ0) is 13.0. The second-order valence-electron chi connectivity index (χ2n) is 3.32. The Morgan fingerprint density at radius 1 is 1.11 bits per heavy atom. The first-order valence-corrected chi connectivity index (χ1v) is 5.78. The van der Waals surface area contributed by atoms with E-state index >= 15 is 0 Å². The molecule has 0 N–H and O–H groups in total. The molecule has 0 saturated carbocycles. The largest absolute Gasteiger partial charge is 0.446 e. The number of hydrogen-bond donors (Lipinski definition) is 0. The summed E-state index contributed by atoms with van der Waals surface area (Å²) in [6.45, 7) is 0. The smallest absolute Gasteiger partial charge is 0.445 e. The van der Waals surface area contributed by atoms with E-state index in [4.69, 9.17) is 4.42 Å². The monoisotopic (exact) mass is 271 g/mol. The Labute approximate surface area is 106 Å². The number of alkyl halides is 3. The number of oxazole rings is 1. The Morgan fingerprint density at radius 3 is 2.39 bits per heavy atom. The van der Waals surface area contributed by atoms with Crippen LogP contribution in [-0.2, 0) is 0 Å². The predicted octanol–water partition coefficient (Wildman–Crippen LogP) is 4.46. The van der Waals surface area contributed by atoms with E-state index < -0.39 is 5.51 Å². The maximum Gasteiger partial charge on any atom is 0.446 e. The van der Waals surface area contributed by atoms with Crippen LogP contribution in [-0.4, -0.2) is 10.5 Å². The van der Waals surface area contributed by atoms with Gasteiger partial charge >= 0.3 is 5.51 Å². The molecule has 1 heterocycles. The molecule has 0 aliphatic carbocycles. The van der Waals surface area contributed by atoms with Crippen molar-refractivity contribution < 1.29 is 17.6 Å². The van der Waals surface area contributed by atoms with Gasteiger partial charge in [-0.2, -0.15) is 13.2 Å². The number of rotatable bonds is 3. The van der Waals surface area contributed by atoms with Crippen LogP contribution in [0.4, 0.5) is 13.2 Å². The lowest BCUT2D eigenvalue weighted by Crippen LogP contribution is -1.98. The van der Waals surface area contributed by atoms with Crippen molar-refractivity contribution in [2.24, 2.45) is 0 Å². The zero-order valence-electron chi connectivity index (χ0n) is 9.02.